The molecule has 81 heavy (non-hydrogen) atoms. The normalized spacial score (nSPS) is 22.3. The van der Waals surface area contributed by atoms with Crippen molar-refractivity contribution in [3.05, 3.63) is 117 Å². The van der Waals surface area contributed by atoms with Crippen LogP contribution in [-0.4, -0.2) is 116 Å². The Labute approximate surface area is 470 Å². The summed E-state index contributed by atoms with van der Waals surface area (Å²) in [7, 11) is 2.73. The van der Waals surface area contributed by atoms with Crippen LogP contribution in [0.5, 0.6) is 46.0 Å². The van der Waals surface area contributed by atoms with Gasteiger partial charge in [-0.1, -0.05) is 55.2 Å². The van der Waals surface area contributed by atoms with Gasteiger partial charge in [0.2, 0.25) is 47.1 Å². The van der Waals surface area contributed by atoms with Crippen LogP contribution in [0.1, 0.15) is 84.8 Å². The number of ether oxygens (including phenoxy) is 3. The van der Waals surface area contributed by atoms with Crippen molar-refractivity contribution in [2.45, 2.75) is 81.2 Å². The molecule has 7 amide bonds. The Hall–Kier alpha value is -8.88. The summed E-state index contributed by atoms with van der Waals surface area (Å²) in [5, 5.41) is 84.8. The second kappa shape index (κ2) is 23.8. The minimum Gasteiger partial charge on any atom is -0.508 e. The second-order valence-corrected chi connectivity index (χ2v) is 20.4. The van der Waals surface area contributed by atoms with Gasteiger partial charge in [-0.3, -0.25) is 33.6 Å². The van der Waals surface area contributed by atoms with Gasteiger partial charge in [0.25, 0.3) is 0 Å². The number of hydrogen-bond donors (Lipinski definition) is 14. The van der Waals surface area contributed by atoms with E-state index in [2.05, 4.69) is 37.2 Å². The van der Waals surface area contributed by atoms with Gasteiger partial charge in [0.15, 0.2) is 17.5 Å². The SMILES string of the molecule is CN[C@H](CC(C)C)C(=O)N[C@H]1C(=O)N[C@@H](CC(N)=O)C(=O)N[C@H]2C(=O)N[C@H]3C(=O)N[C@H](C(=O)N[C@H](C(=O)O)c4cc(O)cc(O)c4-c4cc3ccc4O)[C@H](O)c3ccc(c(Cl)c3)Oc3cc2cc(c3OC)Oc2ccc(cc2Cl)[C@H]1O. The van der Waals surface area contributed by atoms with Crippen molar-refractivity contribution in [1.82, 2.24) is 37.2 Å². The molecule has 0 saturated heterocycles. The number of halogens is 2. The van der Waals surface area contributed by atoms with Gasteiger partial charge < -0.3 is 87.8 Å². The Bertz CT molecular complexity index is 3400. The molecule has 5 aromatic rings. The lowest BCUT2D eigenvalue weighted by atomic mass is 9.89. The number of fused-ring (bicyclic) bond motifs is 15. The maximum atomic E-state index is 15.5. The summed E-state index contributed by atoms with van der Waals surface area (Å²) in [5.41, 5.74) is 3.56. The summed E-state index contributed by atoms with van der Waals surface area (Å²) in [5.74, 6) is -13.4. The fourth-order valence-electron chi connectivity index (χ4n) is 9.53. The van der Waals surface area contributed by atoms with Crippen molar-refractivity contribution in [3.8, 4) is 57.1 Å². The molecular formula is C54H54Cl2N8O17. The number of carbonyl (C=O) groups is 8. The fraction of sp³-hybridized carbons (Fsp3) is 0.296. The molecule has 27 heteroatoms. The first-order valence-corrected chi connectivity index (χ1v) is 25.6. The van der Waals surface area contributed by atoms with E-state index >= 15 is 9.59 Å². The van der Waals surface area contributed by atoms with E-state index in [0.717, 1.165) is 36.4 Å². The van der Waals surface area contributed by atoms with Crippen molar-refractivity contribution in [2.75, 3.05) is 14.2 Å². The van der Waals surface area contributed by atoms with Crippen molar-refractivity contribution in [3.63, 3.8) is 0 Å². The number of phenols is 3. The first kappa shape index (κ1) is 58.3. The van der Waals surface area contributed by atoms with Crippen LogP contribution in [0.15, 0.2) is 78.9 Å². The Balaban J connectivity index is 1.37. The van der Waals surface area contributed by atoms with Crippen molar-refractivity contribution in [1.29, 1.82) is 0 Å². The van der Waals surface area contributed by atoms with Crippen molar-refractivity contribution in [2.24, 2.45) is 11.7 Å². The topological polar surface area (TPSA) is 396 Å². The minimum absolute atomic E-state index is 0.0265. The second-order valence-electron chi connectivity index (χ2n) is 19.6. The molecule has 15 N–H and O–H groups in total. The highest BCUT2D eigenvalue weighted by atomic mass is 35.5. The maximum Gasteiger partial charge on any atom is 0.330 e. The molecule has 0 aromatic heterocycles. The van der Waals surface area contributed by atoms with E-state index in [1.165, 1.54) is 56.6 Å². The summed E-state index contributed by atoms with van der Waals surface area (Å²) < 4.78 is 18.5. The third-order valence-corrected chi connectivity index (χ3v) is 14.1. The lowest BCUT2D eigenvalue weighted by Crippen LogP contribution is -2.59. The zero-order chi connectivity index (χ0) is 58.9. The smallest absolute Gasteiger partial charge is 0.330 e. The number of benzene rings is 5. The van der Waals surface area contributed by atoms with Crippen LogP contribution in [0.3, 0.4) is 0 Å². The van der Waals surface area contributed by atoms with Gasteiger partial charge in [-0.25, -0.2) is 4.79 Å². The highest BCUT2D eigenvalue weighted by molar-refractivity contribution is 6.32. The van der Waals surface area contributed by atoms with E-state index in [0.29, 0.717) is 0 Å². The van der Waals surface area contributed by atoms with Crippen LogP contribution >= 0.6 is 23.2 Å². The van der Waals surface area contributed by atoms with Gasteiger partial charge >= 0.3 is 5.97 Å². The summed E-state index contributed by atoms with van der Waals surface area (Å²) in [6.07, 6.45) is -4.69. The van der Waals surface area contributed by atoms with Crippen LogP contribution in [0, 0.1) is 5.92 Å². The number of carboxylic acids is 1. The molecule has 10 rings (SSSR count). The summed E-state index contributed by atoms with van der Waals surface area (Å²) in [4.78, 5) is 114. The minimum atomic E-state index is -2.17. The Morgan fingerprint density at radius 3 is 1.83 bits per heavy atom. The largest absolute Gasteiger partial charge is 0.508 e. The van der Waals surface area contributed by atoms with Crippen LogP contribution in [0.4, 0.5) is 0 Å². The average Bonchev–Trinajstić information content (AvgIpc) is 3.61. The molecule has 0 aliphatic carbocycles. The fourth-order valence-corrected chi connectivity index (χ4v) is 9.99. The summed E-state index contributed by atoms with van der Waals surface area (Å²) >= 11 is 13.7. The zero-order valence-corrected chi connectivity index (χ0v) is 44.7. The van der Waals surface area contributed by atoms with Crippen LogP contribution < -0.4 is 57.2 Å². The molecule has 11 bridgehead atoms. The van der Waals surface area contributed by atoms with Gasteiger partial charge in [-0.05, 0) is 96.2 Å². The quantitative estimate of drug-likeness (QED) is 0.101. The number of nitrogens with two attached hydrogens (primary N) is 1. The highest BCUT2D eigenvalue weighted by Gasteiger charge is 2.42. The number of carboxylic acid groups (broad SMARTS) is 1. The monoisotopic (exact) mass is 1160 g/mol. The Kier molecular flexibility index (Phi) is 17.1. The number of aliphatic hydroxyl groups is 2. The lowest BCUT2D eigenvalue weighted by molar-refractivity contribution is -0.143. The van der Waals surface area contributed by atoms with E-state index in [1.54, 1.807) is 0 Å². The molecule has 5 aliphatic heterocycles. The Morgan fingerprint density at radius 2 is 1.26 bits per heavy atom. The zero-order valence-electron chi connectivity index (χ0n) is 43.2. The predicted octanol–water partition coefficient (Wildman–Crippen LogP) is 2.70. The third kappa shape index (κ3) is 12.3. The molecule has 5 aromatic carbocycles. The number of primary amides is 1. The number of aromatic hydroxyl groups is 3. The molecule has 25 nitrogen and oxygen atoms in total. The number of rotatable bonds is 9. The third-order valence-electron chi connectivity index (χ3n) is 13.5. The van der Waals surface area contributed by atoms with Gasteiger partial charge in [0.1, 0.15) is 71.2 Å². The first-order valence-electron chi connectivity index (χ1n) is 24.8. The molecule has 0 spiro atoms. The van der Waals surface area contributed by atoms with Crippen LogP contribution in [-0.2, 0) is 38.4 Å². The van der Waals surface area contributed by atoms with Crippen molar-refractivity contribution >= 4 is 70.5 Å². The molecule has 9 atom stereocenters. The lowest BCUT2D eigenvalue weighted by Gasteiger charge is -2.31. The number of likely N-dealkylation sites (N-methyl/N-ethyl adjacent to an activating group) is 1. The van der Waals surface area contributed by atoms with E-state index in [-0.39, 0.29) is 73.4 Å². The molecular weight excluding hydrogens is 1100 g/mol. The van der Waals surface area contributed by atoms with Gasteiger partial charge in [-0.2, -0.15) is 0 Å². The van der Waals surface area contributed by atoms with Gasteiger partial charge in [0.05, 0.1) is 29.6 Å². The van der Waals surface area contributed by atoms with E-state index in [1.807, 2.05) is 13.8 Å². The number of hydrogen-bond acceptors (Lipinski definition) is 17. The number of amides is 7. The molecule has 0 fully saturated rings. The number of methoxy groups -OCH3 is 1. The maximum absolute atomic E-state index is 15.5. The summed E-state index contributed by atoms with van der Waals surface area (Å²) in [6.45, 7) is 3.70. The number of carbonyl (C=O) groups excluding carboxylic acids is 7. The van der Waals surface area contributed by atoms with E-state index < -0.39 is 142 Å². The molecule has 5 heterocycles. The standard InChI is InChI=1S/C54H54Cl2N8O17/c1-20(2)11-30(58-3)48(71)63-43-45(69)22-6-9-34(28(55)13-22)80-36-15-24-16-37(47(36)79-4)81-35-10-7-23(14-29(35)56)46(70)44-53(76)62-42(54(77)78)27-17-25(65)18-33(67)39(27)26-12-21(5-8-32(26)66)40(50(73)64-44)61-51(74)41(24)60-49(72)31(19-38(57)68)59-52(43)75/h5-10,12-18,20,30-31,40-46,58,65-67,69-70H,11,19H2,1-4H3,(H2,57,68)(H,59,75)(H,60,72)(H,61,74)(H,62,76)(H,63,71)(H,64,73)(H,77,78)/t30-,31+,40-,41-,42+,43-,44+,45-,46-/m1/s1. The molecule has 0 radical (unpaired) electrons. The summed E-state index contributed by atoms with van der Waals surface area (Å²) in [6, 6.07) is 1.48. The first-order chi connectivity index (χ1) is 38.4. The van der Waals surface area contributed by atoms with Gasteiger partial charge in [-0.15, -0.1) is 0 Å². The number of nitrogens with one attached hydrogen (secondary N) is 7. The molecule has 426 valence electrons. The average molecular weight is 1160 g/mol. The number of aliphatic carboxylic acids is 1. The number of aliphatic hydroxyl groups excluding tert-OH is 2. The molecule has 0 saturated carbocycles. The van der Waals surface area contributed by atoms with Crippen LogP contribution in [0.25, 0.3) is 11.1 Å². The Morgan fingerprint density at radius 1 is 0.679 bits per heavy atom. The molecule has 5 aliphatic rings. The van der Waals surface area contributed by atoms with E-state index in [4.69, 9.17) is 43.1 Å². The number of phenolic OH excluding ortho intramolecular Hbond substituents is 3. The van der Waals surface area contributed by atoms with Crippen LogP contribution in [0.2, 0.25) is 10.0 Å². The predicted molar refractivity (Wildman–Crippen MR) is 285 cm³/mol. The molecule has 0 unspecified atom stereocenters. The van der Waals surface area contributed by atoms with Gasteiger partial charge in [0, 0.05) is 22.8 Å². The van der Waals surface area contributed by atoms with E-state index in [9.17, 15) is 59.4 Å². The highest BCUT2D eigenvalue weighted by Crippen LogP contribution is 2.48. The van der Waals surface area contributed by atoms with Crippen molar-refractivity contribution < 1.29 is 83.2 Å².